The van der Waals surface area contributed by atoms with Crippen LogP contribution in [0.5, 0.6) is 5.75 Å². The fraction of sp³-hybridized carbons (Fsp3) is 0.469. The van der Waals surface area contributed by atoms with Gasteiger partial charge in [-0.1, -0.05) is 42.5 Å². The Morgan fingerprint density at radius 2 is 1.57 bits per heavy atom. The van der Waals surface area contributed by atoms with Crippen LogP contribution in [0.25, 0.3) is 6.08 Å². The van der Waals surface area contributed by atoms with Crippen LogP contribution in [0.15, 0.2) is 54.6 Å². The van der Waals surface area contributed by atoms with Crippen molar-refractivity contribution in [2.45, 2.75) is 56.5 Å². The van der Waals surface area contributed by atoms with E-state index in [1.54, 1.807) is 7.11 Å². The van der Waals surface area contributed by atoms with E-state index in [0.717, 1.165) is 36.1 Å². The molecule has 37 heavy (non-hydrogen) atoms. The van der Waals surface area contributed by atoms with Crippen molar-refractivity contribution in [3.05, 3.63) is 65.7 Å². The maximum absolute atomic E-state index is 15.1. The van der Waals surface area contributed by atoms with Gasteiger partial charge in [-0.3, -0.25) is 4.79 Å². The summed E-state index contributed by atoms with van der Waals surface area (Å²) in [5.41, 5.74) is 1.10. The van der Waals surface area contributed by atoms with Gasteiger partial charge in [0, 0.05) is 17.0 Å². The lowest BCUT2D eigenvalue weighted by atomic mass is 9.47. The molecule has 0 amide bonds. The van der Waals surface area contributed by atoms with Crippen molar-refractivity contribution in [1.29, 1.82) is 10.5 Å². The van der Waals surface area contributed by atoms with Crippen LogP contribution in [0, 0.1) is 51.2 Å². The molecule has 8 rings (SSSR count). The van der Waals surface area contributed by atoms with Gasteiger partial charge in [-0.05, 0) is 85.6 Å². The molecule has 3 atom stereocenters. The number of anilines is 1. The maximum atomic E-state index is 15.1. The summed E-state index contributed by atoms with van der Waals surface area (Å²) in [5.74, 6) is 2.32. The Labute approximate surface area is 218 Å². The Morgan fingerprint density at radius 3 is 2.16 bits per heavy atom. The minimum absolute atomic E-state index is 0.259. The number of benzene rings is 2. The Balaban J connectivity index is 1.43. The topological polar surface area (TPSA) is 77.1 Å². The van der Waals surface area contributed by atoms with Crippen molar-refractivity contribution in [3.8, 4) is 17.9 Å². The van der Waals surface area contributed by atoms with Crippen molar-refractivity contribution in [2.75, 3.05) is 12.0 Å². The summed E-state index contributed by atoms with van der Waals surface area (Å²) in [7, 11) is 1.63. The summed E-state index contributed by atoms with van der Waals surface area (Å²) < 4.78 is 5.40. The predicted octanol–water partition coefficient (Wildman–Crippen LogP) is 5.88. The summed E-state index contributed by atoms with van der Waals surface area (Å²) >= 11 is 0. The lowest BCUT2D eigenvalue weighted by Crippen LogP contribution is -2.56. The molecule has 2 aromatic carbocycles. The van der Waals surface area contributed by atoms with Gasteiger partial charge in [-0.25, -0.2) is 0 Å². The molecule has 4 aliphatic carbocycles. The number of rotatable bonds is 4. The van der Waals surface area contributed by atoms with Crippen LogP contribution in [0.4, 0.5) is 5.69 Å². The number of Topliss-reactive ketones (excluding diaryl/α,β-unsaturated/α-hetero) is 1. The first kappa shape index (κ1) is 22.6. The molecule has 0 spiro atoms. The second-order valence-electron chi connectivity index (χ2n) is 12.1. The van der Waals surface area contributed by atoms with Gasteiger partial charge in [0.05, 0.1) is 31.3 Å². The Hall–Kier alpha value is -3.57. The van der Waals surface area contributed by atoms with Crippen molar-refractivity contribution in [3.63, 3.8) is 0 Å². The largest absolute Gasteiger partial charge is 0.497 e. The number of methoxy groups -OCH3 is 1. The van der Waals surface area contributed by atoms with Crippen LogP contribution >= 0.6 is 0 Å². The quantitative estimate of drug-likeness (QED) is 0.536. The predicted molar refractivity (Wildman–Crippen MR) is 141 cm³/mol. The number of nitrogens with zero attached hydrogens (tertiary/aromatic N) is 3. The van der Waals surface area contributed by atoms with Crippen LogP contribution in [0.1, 0.15) is 55.6 Å². The first-order chi connectivity index (χ1) is 18.0. The zero-order valence-corrected chi connectivity index (χ0v) is 21.1. The molecule has 0 radical (unpaired) electrons. The normalized spacial score (nSPS) is 35.8. The molecule has 2 aromatic rings. The molecular weight excluding hydrogens is 458 g/mol. The van der Waals surface area contributed by atoms with Crippen molar-refractivity contribution < 1.29 is 9.53 Å². The second-order valence-corrected chi connectivity index (χ2v) is 12.1. The number of fused-ring (bicyclic) bond motifs is 3. The van der Waals surface area contributed by atoms with Crippen LogP contribution in [0.3, 0.4) is 0 Å². The molecule has 0 aromatic heterocycles. The van der Waals surface area contributed by atoms with Crippen LogP contribution in [-0.4, -0.2) is 25.0 Å². The van der Waals surface area contributed by atoms with Crippen molar-refractivity contribution >= 4 is 17.5 Å². The highest BCUT2D eigenvalue weighted by molar-refractivity contribution is 5.97. The van der Waals surface area contributed by atoms with Gasteiger partial charge in [0.25, 0.3) is 0 Å². The number of carbonyl (C=O) groups is 1. The second kappa shape index (κ2) is 7.96. The van der Waals surface area contributed by atoms with Gasteiger partial charge in [0.1, 0.15) is 5.75 Å². The number of nitriles is 2. The van der Waals surface area contributed by atoms with Gasteiger partial charge in [0.15, 0.2) is 11.2 Å². The van der Waals surface area contributed by atoms with Crippen LogP contribution in [0.2, 0.25) is 0 Å². The molecule has 2 aliphatic heterocycles. The van der Waals surface area contributed by atoms with E-state index in [-0.39, 0.29) is 11.2 Å². The zero-order chi connectivity index (χ0) is 25.4. The number of ketones is 1. The summed E-state index contributed by atoms with van der Waals surface area (Å²) in [5, 5.41) is 21.4. The molecular formula is C32H31N3O2. The lowest BCUT2D eigenvalue weighted by Gasteiger charge is -2.57. The SMILES string of the molecule is COc1ccc([C@H]2[C@H](C(=O)C34CC5CC(CC(C5)C3)C4)N3c4ccccc4C=C[C@@H]3C2(C#N)C#N)cc1. The smallest absolute Gasteiger partial charge is 0.176 e. The number of para-hydroxylation sites is 1. The van der Waals surface area contributed by atoms with Gasteiger partial charge in [-0.2, -0.15) is 10.5 Å². The minimum Gasteiger partial charge on any atom is -0.497 e. The first-order valence-corrected chi connectivity index (χ1v) is 13.6. The molecule has 4 saturated carbocycles. The molecule has 5 nitrogen and oxygen atoms in total. The third-order valence-corrected chi connectivity index (χ3v) is 10.2. The average Bonchev–Trinajstić information content (AvgIpc) is 3.23. The third kappa shape index (κ3) is 3.04. The molecule has 5 fully saturated rings. The molecule has 2 heterocycles. The fourth-order valence-corrected chi connectivity index (χ4v) is 9.15. The van der Waals surface area contributed by atoms with Crippen molar-refractivity contribution in [2.24, 2.45) is 28.6 Å². The highest BCUT2D eigenvalue weighted by Crippen LogP contribution is 2.63. The summed E-state index contributed by atoms with van der Waals surface area (Å²) in [6.07, 6.45) is 10.7. The zero-order valence-electron chi connectivity index (χ0n) is 21.1. The van der Waals surface area contributed by atoms with Gasteiger partial charge in [-0.15, -0.1) is 0 Å². The average molecular weight is 490 g/mol. The number of ether oxygens (including phenoxy) is 1. The Bertz CT molecular complexity index is 1330. The van der Waals surface area contributed by atoms with E-state index in [1.165, 1.54) is 19.3 Å². The molecule has 1 saturated heterocycles. The Morgan fingerprint density at radius 1 is 0.946 bits per heavy atom. The monoisotopic (exact) mass is 489 g/mol. The summed E-state index contributed by atoms with van der Waals surface area (Å²) in [6, 6.07) is 19.6. The van der Waals surface area contributed by atoms with Gasteiger partial charge in [0.2, 0.25) is 0 Å². The van der Waals surface area contributed by atoms with E-state index in [2.05, 4.69) is 23.1 Å². The first-order valence-electron chi connectivity index (χ1n) is 13.6. The molecule has 186 valence electrons. The van der Waals surface area contributed by atoms with Crippen molar-refractivity contribution in [1.82, 2.24) is 0 Å². The molecule has 0 N–H and O–H groups in total. The van der Waals surface area contributed by atoms with E-state index in [9.17, 15) is 10.5 Å². The molecule has 0 unspecified atom stereocenters. The van der Waals surface area contributed by atoms with E-state index in [1.807, 2.05) is 54.6 Å². The van der Waals surface area contributed by atoms with E-state index >= 15 is 4.79 Å². The molecule has 4 bridgehead atoms. The highest BCUT2D eigenvalue weighted by Gasteiger charge is 2.66. The summed E-state index contributed by atoms with van der Waals surface area (Å²) in [4.78, 5) is 17.2. The number of hydrogen-bond donors (Lipinski definition) is 0. The number of hydrogen-bond acceptors (Lipinski definition) is 5. The molecule has 6 aliphatic rings. The van der Waals surface area contributed by atoms with Crippen LogP contribution in [-0.2, 0) is 4.79 Å². The fourth-order valence-electron chi connectivity index (χ4n) is 9.15. The minimum atomic E-state index is -1.39. The lowest BCUT2D eigenvalue weighted by molar-refractivity contribution is -0.145. The van der Waals surface area contributed by atoms with E-state index < -0.39 is 23.4 Å². The maximum Gasteiger partial charge on any atom is 0.176 e. The number of carbonyl (C=O) groups excluding carboxylic acids is 1. The Kier molecular flexibility index (Phi) is 4.87. The van der Waals surface area contributed by atoms with Gasteiger partial charge < -0.3 is 9.64 Å². The molecule has 5 heteroatoms. The van der Waals surface area contributed by atoms with Gasteiger partial charge >= 0.3 is 0 Å². The third-order valence-electron chi connectivity index (χ3n) is 10.2. The highest BCUT2D eigenvalue weighted by atomic mass is 16.5. The van der Waals surface area contributed by atoms with E-state index in [4.69, 9.17) is 4.74 Å². The van der Waals surface area contributed by atoms with E-state index in [0.29, 0.717) is 23.5 Å². The summed E-state index contributed by atoms with van der Waals surface area (Å²) in [6.45, 7) is 0. The van der Waals surface area contributed by atoms with Crippen LogP contribution < -0.4 is 9.64 Å². The standard InChI is InChI=1S/C32H31N3O2/c1-37-25-9-6-24(7-10-25)28-29(30(36)31-15-20-12-21(16-31)14-22(13-20)17-31)35-26-5-3-2-4-23(26)8-11-27(35)32(28,18-33)19-34/h2-11,20-22,27-29H,12-17H2,1H3/t20?,21?,22?,27-,28+,29-,31?/m1/s1.